The van der Waals surface area contributed by atoms with Crippen LogP contribution < -0.4 is 5.56 Å². The topological polar surface area (TPSA) is 48.7 Å². The van der Waals surface area contributed by atoms with Crippen LogP contribution in [0.25, 0.3) is 0 Å². The Kier molecular flexibility index (Phi) is 5.79. The Labute approximate surface area is 155 Å². The van der Waals surface area contributed by atoms with E-state index in [1.807, 2.05) is 44.2 Å². The normalized spacial score (nSPS) is 17.3. The van der Waals surface area contributed by atoms with E-state index < -0.39 is 0 Å². The number of pyridine rings is 1. The first kappa shape index (κ1) is 18.7. The molecule has 2 aromatic rings. The Bertz CT molecular complexity index is 793. The van der Waals surface area contributed by atoms with Crippen molar-refractivity contribution in [1.82, 2.24) is 14.4 Å². The molecule has 1 aromatic carbocycles. The Morgan fingerprint density at radius 3 is 2.27 bits per heavy atom. The minimum atomic E-state index is -0.221. The molecular weight excluding hydrogens is 326 g/mol. The summed E-state index contributed by atoms with van der Waals surface area (Å²) in [4.78, 5) is 17.9. The van der Waals surface area contributed by atoms with Crippen LogP contribution in [0.3, 0.4) is 0 Å². The summed E-state index contributed by atoms with van der Waals surface area (Å²) < 4.78 is 1.74. The first-order valence-corrected chi connectivity index (χ1v) is 9.51. The zero-order valence-electron chi connectivity index (χ0n) is 16.0. The van der Waals surface area contributed by atoms with Gasteiger partial charge in [-0.15, -0.1) is 0 Å². The number of hydrogen-bond acceptors (Lipinski definition) is 4. The van der Waals surface area contributed by atoms with E-state index in [2.05, 4.69) is 16.7 Å². The van der Waals surface area contributed by atoms with Gasteiger partial charge in [0.2, 0.25) is 0 Å². The zero-order valence-corrected chi connectivity index (χ0v) is 16.0. The molecule has 0 radical (unpaired) electrons. The monoisotopic (exact) mass is 355 g/mol. The second kappa shape index (κ2) is 8.06. The Morgan fingerprint density at radius 1 is 1.04 bits per heavy atom. The largest absolute Gasteiger partial charge is 0.507 e. The second-order valence-corrected chi connectivity index (χ2v) is 6.92. The van der Waals surface area contributed by atoms with Gasteiger partial charge < -0.3 is 14.6 Å². The third-order valence-electron chi connectivity index (χ3n) is 5.45. The lowest BCUT2D eigenvalue weighted by molar-refractivity contribution is 0.111. The molecule has 1 aliphatic heterocycles. The molecule has 0 saturated carbocycles. The van der Waals surface area contributed by atoms with Crippen LogP contribution in [-0.4, -0.2) is 52.2 Å². The number of nitrogens with zero attached hydrogens (tertiary/aromatic N) is 3. The molecular formula is C21H29N3O2. The van der Waals surface area contributed by atoms with Gasteiger partial charge in [0.15, 0.2) is 0 Å². The number of piperazine rings is 1. The van der Waals surface area contributed by atoms with E-state index in [4.69, 9.17) is 0 Å². The van der Waals surface area contributed by atoms with Gasteiger partial charge in [-0.3, -0.25) is 9.69 Å². The van der Waals surface area contributed by atoms with Crippen molar-refractivity contribution in [3.63, 3.8) is 0 Å². The summed E-state index contributed by atoms with van der Waals surface area (Å²) in [6.07, 6.45) is 0. The van der Waals surface area contributed by atoms with Crippen LogP contribution in [0, 0.1) is 6.92 Å². The van der Waals surface area contributed by atoms with Crippen LogP contribution in [0.1, 0.15) is 36.7 Å². The highest BCUT2D eigenvalue weighted by atomic mass is 16.3. The molecule has 0 spiro atoms. The molecule has 2 heterocycles. The van der Waals surface area contributed by atoms with E-state index in [-0.39, 0.29) is 17.4 Å². The van der Waals surface area contributed by atoms with Crippen molar-refractivity contribution in [2.24, 2.45) is 0 Å². The van der Waals surface area contributed by atoms with Gasteiger partial charge in [-0.1, -0.05) is 37.3 Å². The fourth-order valence-corrected chi connectivity index (χ4v) is 3.95. The van der Waals surface area contributed by atoms with Gasteiger partial charge in [-0.05, 0) is 32.0 Å². The maximum absolute atomic E-state index is 13.2. The summed E-state index contributed by atoms with van der Waals surface area (Å²) >= 11 is 0. The van der Waals surface area contributed by atoms with Crippen molar-refractivity contribution in [3.8, 4) is 5.75 Å². The summed E-state index contributed by atoms with van der Waals surface area (Å²) in [6, 6.07) is 11.6. The third-order valence-corrected chi connectivity index (χ3v) is 5.45. The lowest BCUT2D eigenvalue weighted by Gasteiger charge is -2.39. The SMILES string of the molecule is CCN1CCN(C(c2ccccc2)c2c(O)cc(C)n(CC)c2=O)CC1. The molecule has 3 rings (SSSR count). The van der Waals surface area contributed by atoms with Crippen LogP contribution in [0.5, 0.6) is 5.75 Å². The quantitative estimate of drug-likeness (QED) is 0.896. The number of likely N-dealkylation sites (N-methyl/N-ethyl adjacent to an activating group) is 1. The van der Waals surface area contributed by atoms with Crippen molar-refractivity contribution < 1.29 is 5.11 Å². The van der Waals surface area contributed by atoms with E-state index in [1.165, 1.54) is 0 Å². The molecule has 5 heteroatoms. The van der Waals surface area contributed by atoms with Crippen LogP contribution in [0.2, 0.25) is 0 Å². The minimum Gasteiger partial charge on any atom is -0.507 e. The summed E-state index contributed by atoms with van der Waals surface area (Å²) in [5.74, 6) is 0.101. The van der Waals surface area contributed by atoms with Gasteiger partial charge in [0.25, 0.3) is 5.56 Å². The lowest BCUT2D eigenvalue weighted by atomic mass is 9.96. The number of aromatic nitrogens is 1. The van der Waals surface area contributed by atoms with Gasteiger partial charge in [0.1, 0.15) is 5.75 Å². The fourth-order valence-electron chi connectivity index (χ4n) is 3.95. The van der Waals surface area contributed by atoms with Crippen molar-refractivity contribution in [2.75, 3.05) is 32.7 Å². The number of aryl methyl sites for hydroxylation is 1. The predicted molar refractivity (Wildman–Crippen MR) is 105 cm³/mol. The van der Waals surface area contributed by atoms with Gasteiger partial charge in [0.05, 0.1) is 11.6 Å². The molecule has 1 N–H and O–H groups in total. The lowest BCUT2D eigenvalue weighted by Crippen LogP contribution is -2.48. The Balaban J connectivity index is 2.10. The molecule has 5 nitrogen and oxygen atoms in total. The van der Waals surface area contributed by atoms with Crippen molar-refractivity contribution >= 4 is 0 Å². The van der Waals surface area contributed by atoms with Gasteiger partial charge in [0, 0.05) is 38.4 Å². The van der Waals surface area contributed by atoms with E-state index in [9.17, 15) is 9.90 Å². The van der Waals surface area contributed by atoms with Crippen molar-refractivity contribution in [2.45, 2.75) is 33.4 Å². The Morgan fingerprint density at radius 2 is 1.69 bits per heavy atom. The average Bonchev–Trinajstić information content (AvgIpc) is 2.66. The van der Waals surface area contributed by atoms with Crippen LogP contribution >= 0.6 is 0 Å². The molecule has 1 aliphatic rings. The molecule has 0 bridgehead atoms. The molecule has 140 valence electrons. The molecule has 1 saturated heterocycles. The predicted octanol–water partition coefficient (Wildman–Crippen LogP) is 2.61. The molecule has 1 aromatic heterocycles. The molecule has 1 fully saturated rings. The average molecular weight is 355 g/mol. The molecule has 26 heavy (non-hydrogen) atoms. The number of aromatic hydroxyl groups is 1. The maximum atomic E-state index is 13.2. The molecule has 1 atom stereocenters. The van der Waals surface area contributed by atoms with E-state index in [0.717, 1.165) is 44.0 Å². The zero-order chi connectivity index (χ0) is 18.7. The summed E-state index contributed by atoms with van der Waals surface area (Å²) in [5, 5.41) is 10.7. The van der Waals surface area contributed by atoms with Gasteiger partial charge in [-0.25, -0.2) is 0 Å². The van der Waals surface area contributed by atoms with Crippen molar-refractivity contribution in [1.29, 1.82) is 0 Å². The van der Waals surface area contributed by atoms with Crippen LogP contribution in [-0.2, 0) is 6.54 Å². The smallest absolute Gasteiger partial charge is 0.259 e. The number of hydrogen-bond donors (Lipinski definition) is 1. The first-order valence-electron chi connectivity index (χ1n) is 9.51. The first-order chi connectivity index (χ1) is 12.6. The molecule has 1 unspecified atom stereocenters. The number of benzene rings is 1. The third kappa shape index (κ3) is 3.55. The molecule has 0 aliphatic carbocycles. The maximum Gasteiger partial charge on any atom is 0.259 e. The number of rotatable bonds is 5. The fraction of sp³-hybridized carbons (Fsp3) is 0.476. The Hall–Kier alpha value is -2.11. The molecule has 0 amide bonds. The van der Waals surface area contributed by atoms with E-state index in [0.29, 0.717) is 12.1 Å². The highest BCUT2D eigenvalue weighted by Crippen LogP contribution is 2.33. The summed E-state index contributed by atoms with van der Waals surface area (Å²) in [7, 11) is 0. The summed E-state index contributed by atoms with van der Waals surface area (Å²) in [6.45, 7) is 11.4. The minimum absolute atomic E-state index is 0.0863. The second-order valence-electron chi connectivity index (χ2n) is 6.92. The van der Waals surface area contributed by atoms with Crippen LogP contribution in [0.4, 0.5) is 0 Å². The highest BCUT2D eigenvalue weighted by Gasteiger charge is 2.30. The van der Waals surface area contributed by atoms with Gasteiger partial charge >= 0.3 is 0 Å². The highest BCUT2D eigenvalue weighted by molar-refractivity contribution is 5.41. The van der Waals surface area contributed by atoms with E-state index >= 15 is 0 Å². The van der Waals surface area contributed by atoms with E-state index in [1.54, 1.807) is 10.6 Å². The van der Waals surface area contributed by atoms with Crippen LogP contribution in [0.15, 0.2) is 41.2 Å². The van der Waals surface area contributed by atoms with Crippen molar-refractivity contribution in [3.05, 3.63) is 63.6 Å². The van der Waals surface area contributed by atoms with Gasteiger partial charge in [-0.2, -0.15) is 0 Å². The summed E-state index contributed by atoms with van der Waals surface area (Å²) in [5.41, 5.74) is 2.25. The standard InChI is InChI=1S/C21H29N3O2/c1-4-22-11-13-23(14-12-22)20(17-9-7-6-8-10-17)19-18(25)15-16(3)24(5-2)21(19)26/h6-10,15,20,25H,4-5,11-14H2,1-3H3.